The number of carbonyl (C=O) groups excluding carboxylic acids is 1. The van der Waals surface area contributed by atoms with Gasteiger partial charge in [0.1, 0.15) is 4.90 Å². The molecule has 2 aromatic carbocycles. The van der Waals surface area contributed by atoms with Crippen molar-refractivity contribution in [1.29, 1.82) is 0 Å². The number of fused-ring (bicyclic) bond motifs is 1. The number of para-hydroxylation sites is 1. The van der Waals surface area contributed by atoms with Crippen molar-refractivity contribution in [3.05, 3.63) is 36.2 Å². The van der Waals surface area contributed by atoms with E-state index in [4.69, 9.17) is 9.88 Å². The molecule has 0 bridgehead atoms. The number of benzene rings is 2. The number of aromatic nitrogens is 6. The molecule has 0 aliphatic carbocycles. The second-order valence-corrected chi connectivity index (χ2v) is 12.0. The van der Waals surface area contributed by atoms with Crippen LogP contribution >= 0.6 is 0 Å². The number of ether oxygens (including phenoxy) is 1. The summed E-state index contributed by atoms with van der Waals surface area (Å²) in [5.41, 5.74) is 1.22. The highest BCUT2D eigenvalue weighted by Gasteiger charge is 2.37. The van der Waals surface area contributed by atoms with Gasteiger partial charge in [-0.15, -0.1) is 10.2 Å². The Kier molecular flexibility index (Phi) is 6.26. The number of aromatic amines is 2. The molecule has 2 aromatic heterocycles. The van der Waals surface area contributed by atoms with Gasteiger partial charge in [-0.05, 0) is 42.8 Å². The predicted molar refractivity (Wildman–Crippen MR) is 130 cm³/mol. The van der Waals surface area contributed by atoms with E-state index in [1.165, 1.54) is 12.1 Å². The van der Waals surface area contributed by atoms with Crippen LogP contribution in [0.15, 0.2) is 40.1 Å². The number of carbonyl (C=O) groups is 1. The Hall–Kier alpha value is -3.73. The number of sulfone groups is 1. The Morgan fingerprint density at radius 2 is 1.97 bits per heavy atom. The lowest BCUT2D eigenvalue weighted by molar-refractivity contribution is 0.0513. The number of hydrogen-bond acceptors (Lipinski definition) is 11. The molecule has 4 aromatic rings. The van der Waals surface area contributed by atoms with Crippen LogP contribution in [-0.4, -0.2) is 78.3 Å². The van der Waals surface area contributed by atoms with Crippen molar-refractivity contribution in [1.82, 2.24) is 35.9 Å². The van der Waals surface area contributed by atoms with Gasteiger partial charge < -0.3 is 15.0 Å². The average Bonchev–Trinajstić information content (AvgIpc) is 3.64. The molecular formula is C21H22N8O6S2. The van der Waals surface area contributed by atoms with Gasteiger partial charge in [-0.25, -0.2) is 31.8 Å². The number of nitrogens with one attached hydrogen (secondary N) is 3. The summed E-state index contributed by atoms with van der Waals surface area (Å²) in [5.74, 6) is -0.899. The largest absolute Gasteiger partial charge is 0.460 e. The van der Waals surface area contributed by atoms with Crippen molar-refractivity contribution >= 4 is 36.9 Å². The maximum Gasteiger partial charge on any atom is 0.374 e. The van der Waals surface area contributed by atoms with Gasteiger partial charge in [0.05, 0.1) is 33.3 Å². The molecule has 0 saturated carbocycles. The molecule has 1 atom stereocenters. The molecular weight excluding hydrogens is 524 g/mol. The van der Waals surface area contributed by atoms with Crippen LogP contribution < -0.4 is 10.5 Å². The number of primary sulfonamides is 1. The molecule has 1 saturated heterocycles. The minimum Gasteiger partial charge on any atom is -0.460 e. The van der Waals surface area contributed by atoms with Crippen LogP contribution in [-0.2, 0) is 24.6 Å². The van der Waals surface area contributed by atoms with Crippen LogP contribution in [0.25, 0.3) is 33.5 Å². The first-order valence-electron chi connectivity index (χ1n) is 11.2. The average molecular weight is 547 g/mol. The summed E-state index contributed by atoms with van der Waals surface area (Å²) in [6.07, 6.45) is 0.314. The third-order valence-electron chi connectivity index (χ3n) is 6.01. The van der Waals surface area contributed by atoms with Gasteiger partial charge in [-0.3, -0.25) is 0 Å². The molecule has 16 heteroatoms. The van der Waals surface area contributed by atoms with Crippen LogP contribution in [0.2, 0.25) is 0 Å². The predicted octanol–water partition coefficient (Wildman–Crippen LogP) is 0.370. The molecule has 5 N–H and O–H groups in total. The summed E-state index contributed by atoms with van der Waals surface area (Å²) in [6.45, 7) is 2.47. The molecule has 194 valence electrons. The number of esters is 1. The lowest BCUT2D eigenvalue weighted by Crippen LogP contribution is -2.27. The van der Waals surface area contributed by atoms with Crippen LogP contribution in [0.3, 0.4) is 0 Å². The zero-order valence-electron chi connectivity index (χ0n) is 19.4. The number of nitrogens with zero attached hydrogens (tertiary/aromatic N) is 4. The van der Waals surface area contributed by atoms with Crippen molar-refractivity contribution in [2.24, 2.45) is 5.14 Å². The Morgan fingerprint density at radius 3 is 2.62 bits per heavy atom. The van der Waals surface area contributed by atoms with Crippen LogP contribution in [0.1, 0.15) is 24.0 Å². The van der Waals surface area contributed by atoms with E-state index in [1.807, 2.05) is 0 Å². The molecule has 5 rings (SSSR count). The van der Waals surface area contributed by atoms with Crippen molar-refractivity contribution in [3.63, 3.8) is 0 Å². The number of rotatable bonds is 7. The lowest BCUT2D eigenvalue weighted by atomic mass is 9.98. The van der Waals surface area contributed by atoms with E-state index in [9.17, 15) is 21.6 Å². The number of H-pyrrole nitrogens is 2. The SMILES string of the molecule is CCOC(=O)c1nc2c(-c3ccc(S(=O)(=O)C4CCNC4)c(S(N)(=O)=O)c3-c3nn[nH]n3)cccc2[nH]1. The molecule has 1 aliphatic heterocycles. The molecule has 1 fully saturated rings. The van der Waals surface area contributed by atoms with Gasteiger partial charge in [0.25, 0.3) is 0 Å². The van der Waals surface area contributed by atoms with Crippen molar-refractivity contribution in [2.75, 3.05) is 19.7 Å². The quantitative estimate of drug-likeness (QED) is 0.232. The normalized spacial score (nSPS) is 16.3. The van der Waals surface area contributed by atoms with Crippen molar-refractivity contribution in [3.8, 4) is 22.5 Å². The molecule has 0 amide bonds. The molecule has 0 radical (unpaired) electrons. The summed E-state index contributed by atoms with van der Waals surface area (Å²) < 4.78 is 58.0. The third-order valence-corrected chi connectivity index (χ3v) is 9.36. The summed E-state index contributed by atoms with van der Waals surface area (Å²) in [4.78, 5) is 18.4. The van der Waals surface area contributed by atoms with Crippen molar-refractivity contribution < 1.29 is 26.4 Å². The van der Waals surface area contributed by atoms with Crippen molar-refractivity contribution in [2.45, 2.75) is 28.4 Å². The van der Waals surface area contributed by atoms with E-state index in [1.54, 1.807) is 25.1 Å². The molecule has 0 spiro atoms. The van der Waals surface area contributed by atoms with E-state index < -0.39 is 40.9 Å². The fraction of sp³-hybridized carbons (Fsp3) is 0.286. The zero-order valence-corrected chi connectivity index (χ0v) is 21.1. The number of sulfonamides is 1. The second-order valence-electron chi connectivity index (χ2n) is 8.26. The highest BCUT2D eigenvalue weighted by molar-refractivity contribution is 7.94. The Labute approximate surface area is 211 Å². The minimum absolute atomic E-state index is 0.0509. The molecule has 37 heavy (non-hydrogen) atoms. The monoisotopic (exact) mass is 546 g/mol. The number of tetrazole rings is 1. The van der Waals surface area contributed by atoms with Crippen LogP contribution in [0.4, 0.5) is 0 Å². The highest BCUT2D eigenvalue weighted by atomic mass is 32.2. The van der Waals surface area contributed by atoms with E-state index in [2.05, 4.69) is 35.9 Å². The van der Waals surface area contributed by atoms with Gasteiger partial charge in [0.15, 0.2) is 9.84 Å². The van der Waals surface area contributed by atoms with E-state index in [0.717, 1.165) is 0 Å². The Bertz CT molecular complexity index is 1710. The minimum atomic E-state index is -4.63. The fourth-order valence-electron chi connectivity index (χ4n) is 4.40. The molecule has 14 nitrogen and oxygen atoms in total. The van der Waals surface area contributed by atoms with Gasteiger partial charge in [-0.2, -0.15) is 5.21 Å². The first-order valence-corrected chi connectivity index (χ1v) is 14.3. The third kappa shape index (κ3) is 4.37. The Morgan fingerprint density at radius 1 is 1.16 bits per heavy atom. The summed E-state index contributed by atoms with van der Waals surface area (Å²) in [6, 6.07) is 7.64. The maximum atomic E-state index is 13.5. The lowest BCUT2D eigenvalue weighted by Gasteiger charge is -2.18. The zero-order chi connectivity index (χ0) is 26.4. The number of hydrogen-bond donors (Lipinski definition) is 4. The smallest absolute Gasteiger partial charge is 0.374 e. The molecule has 1 aliphatic rings. The van der Waals surface area contributed by atoms with E-state index >= 15 is 0 Å². The first kappa shape index (κ1) is 24.9. The molecule has 3 heterocycles. The van der Waals surface area contributed by atoms with Crippen LogP contribution in [0.5, 0.6) is 0 Å². The fourth-order valence-corrected chi connectivity index (χ4v) is 7.68. The summed E-state index contributed by atoms with van der Waals surface area (Å²) >= 11 is 0. The summed E-state index contributed by atoms with van der Waals surface area (Å²) in [5, 5.41) is 21.4. The van der Waals surface area contributed by atoms with E-state index in [0.29, 0.717) is 29.6 Å². The Balaban J connectivity index is 1.83. The maximum absolute atomic E-state index is 13.5. The van der Waals surface area contributed by atoms with Gasteiger partial charge in [-0.1, -0.05) is 18.2 Å². The summed E-state index contributed by atoms with van der Waals surface area (Å²) in [7, 11) is -8.74. The topological polar surface area (TPSA) is 216 Å². The molecule has 1 unspecified atom stereocenters. The second kappa shape index (κ2) is 9.29. The standard InChI is InChI=1S/C21H22N8O6S2/c1-2-35-21(30)20-24-14-5-3-4-13(17(14)25-20)12-6-7-15(36(31,32)11-8-9-23-10-11)18(37(22,33)34)16(12)19-26-28-29-27-19/h3-7,11,23H,2,8-10H2,1H3,(H,24,25)(H2,22,33,34)(H,26,27,28,29). The van der Waals surface area contributed by atoms with Gasteiger partial charge in [0, 0.05) is 12.1 Å². The first-order chi connectivity index (χ1) is 17.6. The van der Waals surface area contributed by atoms with E-state index in [-0.39, 0.29) is 35.9 Å². The van der Waals surface area contributed by atoms with Gasteiger partial charge >= 0.3 is 5.97 Å². The number of nitrogens with two attached hydrogens (primary N) is 1. The number of imidazole rings is 1. The van der Waals surface area contributed by atoms with Gasteiger partial charge in [0.2, 0.25) is 21.7 Å². The highest BCUT2D eigenvalue weighted by Crippen LogP contribution is 2.41. The van der Waals surface area contributed by atoms with Crippen LogP contribution in [0, 0.1) is 0 Å².